The van der Waals surface area contributed by atoms with E-state index in [1.807, 2.05) is 0 Å². The van der Waals surface area contributed by atoms with Gasteiger partial charge in [-0.15, -0.1) is 11.3 Å². The number of halogens is 1. The highest BCUT2D eigenvalue weighted by Gasteiger charge is 2.36. The van der Waals surface area contributed by atoms with E-state index in [9.17, 15) is 18.0 Å². The molecule has 6 nitrogen and oxygen atoms in total. The normalized spacial score (nSPS) is 20.9. The lowest BCUT2D eigenvalue weighted by atomic mass is 10.2. The minimum atomic E-state index is -3.08. The summed E-state index contributed by atoms with van der Waals surface area (Å²) in [4.78, 5) is 26.4. The van der Waals surface area contributed by atoms with Crippen molar-refractivity contribution in [2.75, 3.05) is 18.1 Å². The third kappa shape index (κ3) is 4.54. The van der Waals surface area contributed by atoms with Crippen LogP contribution in [0, 0.1) is 0 Å². The van der Waals surface area contributed by atoms with Crippen LogP contribution in [-0.4, -0.2) is 55.4 Å². The number of carbonyl (C=O) groups excluding carboxylic acids is 2. The van der Waals surface area contributed by atoms with Crippen molar-refractivity contribution in [1.82, 2.24) is 4.90 Å². The van der Waals surface area contributed by atoms with Gasteiger partial charge in [-0.25, -0.2) is 13.2 Å². The molecule has 1 fully saturated rings. The molecule has 1 aliphatic rings. The highest BCUT2D eigenvalue weighted by molar-refractivity contribution is 9.11. The van der Waals surface area contributed by atoms with Crippen LogP contribution in [0.1, 0.15) is 29.9 Å². The third-order valence-electron chi connectivity index (χ3n) is 3.68. The van der Waals surface area contributed by atoms with E-state index in [1.54, 1.807) is 19.1 Å². The van der Waals surface area contributed by atoms with Crippen molar-refractivity contribution >= 4 is 49.0 Å². The summed E-state index contributed by atoms with van der Waals surface area (Å²) in [5.74, 6) is -0.848. The molecule has 0 bridgehead atoms. The predicted molar refractivity (Wildman–Crippen MR) is 91.3 cm³/mol. The fourth-order valence-corrected chi connectivity index (χ4v) is 5.54. The number of hydrogen-bond acceptors (Lipinski definition) is 6. The van der Waals surface area contributed by atoms with Gasteiger partial charge in [-0.3, -0.25) is 4.79 Å². The zero-order chi connectivity index (χ0) is 17.2. The van der Waals surface area contributed by atoms with Gasteiger partial charge in [0, 0.05) is 12.6 Å². The number of sulfone groups is 1. The molecule has 1 aromatic heterocycles. The molecule has 0 aromatic carbocycles. The number of hydrogen-bond donors (Lipinski definition) is 0. The number of thiophene rings is 1. The van der Waals surface area contributed by atoms with Gasteiger partial charge in [-0.2, -0.15) is 0 Å². The molecule has 128 valence electrons. The van der Waals surface area contributed by atoms with Crippen molar-refractivity contribution < 1.29 is 22.7 Å². The van der Waals surface area contributed by atoms with Gasteiger partial charge in [0.2, 0.25) is 0 Å². The van der Waals surface area contributed by atoms with Crippen LogP contribution in [0.15, 0.2) is 15.9 Å². The monoisotopic (exact) mass is 423 g/mol. The maximum absolute atomic E-state index is 12.5. The molecule has 2 rings (SSSR count). The summed E-state index contributed by atoms with van der Waals surface area (Å²) in [6.45, 7) is 3.67. The van der Waals surface area contributed by atoms with Gasteiger partial charge >= 0.3 is 5.97 Å². The van der Waals surface area contributed by atoms with Gasteiger partial charge < -0.3 is 9.64 Å². The Hall–Kier alpha value is -0.930. The van der Waals surface area contributed by atoms with E-state index >= 15 is 0 Å². The van der Waals surface area contributed by atoms with Crippen molar-refractivity contribution in [3.05, 3.63) is 20.8 Å². The Bertz CT molecular complexity index is 700. The van der Waals surface area contributed by atoms with Crippen LogP contribution in [-0.2, 0) is 19.4 Å². The second-order valence-electron chi connectivity index (χ2n) is 5.33. The first-order valence-electron chi connectivity index (χ1n) is 7.20. The number of rotatable bonds is 5. The molecule has 1 aromatic rings. The Balaban J connectivity index is 2.01. The van der Waals surface area contributed by atoms with Gasteiger partial charge in [0.05, 0.1) is 15.3 Å². The molecule has 0 aliphatic carbocycles. The molecule has 0 saturated carbocycles. The topological polar surface area (TPSA) is 80.8 Å². The lowest BCUT2D eigenvalue weighted by Crippen LogP contribution is -2.46. The summed E-state index contributed by atoms with van der Waals surface area (Å²) in [6, 6.07) is 3.01. The molecule has 0 radical (unpaired) electrons. The predicted octanol–water partition coefficient (Wildman–Crippen LogP) is 2.09. The zero-order valence-electron chi connectivity index (χ0n) is 12.8. The first-order valence-corrected chi connectivity index (χ1v) is 10.6. The molecular weight excluding hydrogens is 406 g/mol. The fourth-order valence-electron chi connectivity index (χ4n) is 2.54. The molecule has 1 amide bonds. The maximum atomic E-state index is 12.5. The maximum Gasteiger partial charge on any atom is 0.349 e. The second-order valence-corrected chi connectivity index (χ2v) is 10.0. The van der Waals surface area contributed by atoms with Crippen LogP contribution in [0.5, 0.6) is 0 Å². The first-order chi connectivity index (χ1) is 10.7. The Kier molecular flexibility index (Phi) is 5.85. The zero-order valence-corrected chi connectivity index (χ0v) is 16.0. The number of likely N-dealkylation sites (N-methyl/N-ethyl adjacent to an activating group) is 1. The minimum Gasteiger partial charge on any atom is -0.448 e. The van der Waals surface area contributed by atoms with Crippen molar-refractivity contribution in [2.24, 2.45) is 0 Å². The number of nitrogens with zero attached hydrogens (tertiary/aromatic N) is 1. The Morgan fingerprint density at radius 2 is 2.17 bits per heavy atom. The summed E-state index contributed by atoms with van der Waals surface area (Å²) in [5, 5.41) is 0. The molecule has 0 N–H and O–H groups in total. The molecule has 1 saturated heterocycles. The molecular formula is C14H18BrNO5S2. The standard InChI is InChI=1S/C14H18BrNO5S2/c1-3-16(10-6-7-23(19,20)8-10)13(17)9(2)21-14(18)11-4-5-12(15)22-11/h4-5,9-10H,3,6-8H2,1-2H3. The lowest BCUT2D eigenvalue weighted by molar-refractivity contribution is -0.141. The lowest BCUT2D eigenvalue weighted by Gasteiger charge is -2.29. The molecule has 2 unspecified atom stereocenters. The van der Waals surface area contributed by atoms with Crippen molar-refractivity contribution in [3.63, 3.8) is 0 Å². The van der Waals surface area contributed by atoms with E-state index in [0.29, 0.717) is 17.8 Å². The summed E-state index contributed by atoms with van der Waals surface area (Å²) >= 11 is 4.49. The van der Waals surface area contributed by atoms with Crippen LogP contribution >= 0.6 is 27.3 Å². The van der Waals surface area contributed by atoms with Crippen LogP contribution in [0.4, 0.5) is 0 Å². The molecule has 23 heavy (non-hydrogen) atoms. The number of amides is 1. The van der Waals surface area contributed by atoms with Gasteiger partial charge in [0.25, 0.3) is 5.91 Å². The molecule has 9 heteroatoms. The Morgan fingerprint density at radius 1 is 1.48 bits per heavy atom. The summed E-state index contributed by atoms with van der Waals surface area (Å²) in [7, 11) is -3.08. The van der Waals surface area contributed by atoms with Crippen molar-refractivity contribution in [1.29, 1.82) is 0 Å². The Morgan fingerprint density at radius 3 is 2.65 bits per heavy atom. The van der Waals surface area contributed by atoms with Gasteiger partial charge in [-0.05, 0) is 48.3 Å². The van der Waals surface area contributed by atoms with Crippen LogP contribution in [0.3, 0.4) is 0 Å². The number of carbonyl (C=O) groups is 2. The third-order valence-corrected chi connectivity index (χ3v) is 7.03. The van der Waals surface area contributed by atoms with Gasteiger partial charge in [0.15, 0.2) is 15.9 Å². The smallest absolute Gasteiger partial charge is 0.349 e. The number of ether oxygens (including phenoxy) is 1. The van der Waals surface area contributed by atoms with Crippen molar-refractivity contribution in [2.45, 2.75) is 32.4 Å². The SMILES string of the molecule is CCN(C(=O)C(C)OC(=O)c1ccc(Br)s1)C1CCS(=O)(=O)C1. The van der Waals surface area contributed by atoms with E-state index < -0.39 is 21.9 Å². The number of esters is 1. The van der Waals surface area contributed by atoms with Crippen LogP contribution in [0.25, 0.3) is 0 Å². The van der Waals surface area contributed by atoms with Crippen LogP contribution < -0.4 is 0 Å². The highest BCUT2D eigenvalue weighted by Crippen LogP contribution is 2.24. The van der Waals surface area contributed by atoms with E-state index in [1.165, 1.54) is 23.2 Å². The highest BCUT2D eigenvalue weighted by atomic mass is 79.9. The largest absolute Gasteiger partial charge is 0.448 e. The fraction of sp³-hybridized carbons (Fsp3) is 0.571. The van der Waals surface area contributed by atoms with E-state index in [4.69, 9.17) is 4.74 Å². The average Bonchev–Trinajstić information content (AvgIpc) is 3.05. The second kappa shape index (κ2) is 7.31. The molecule has 0 spiro atoms. The summed E-state index contributed by atoms with van der Waals surface area (Å²) < 4.78 is 29.2. The average molecular weight is 424 g/mol. The van der Waals surface area contributed by atoms with Crippen LogP contribution in [0.2, 0.25) is 0 Å². The van der Waals surface area contributed by atoms with E-state index in [0.717, 1.165) is 3.79 Å². The molecule has 1 aliphatic heterocycles. The quantitative estimate of drug-likeness (QED) is 0.677. The summed E-state index contributed by atoms with van der Waals surface area (Å²) in [5.41, 5.74) is 0. The summed E-state index contributed by atoms with van der Waals surface area (Å²) in [6.07, 6.45) is -0.521. The molecule has 2 heterocycles. The minimum absolute atomic E-state index is 0.0227. The van der Waals surface area contributed by atoms with Gasteiger partial charge in [0.1, 0.15) is 4.88 Å². The molecule has 2 atom stereocenters. The van der Waals surface area contributed by atoms with Crippen molar-refractivity contribution in [3.8, 4) is 0 Å². The van der Waals surface area contributed by atoms with E-state index in [2.05, 4.69) is 15.9 Å². The van der Waals surface area contributed by atoms with E-state index in [-0.39, 0.29) is 23.5 Å². The Labute approximate surface area is 147 Å². The van der Waals surface area contributed by atoms with Gasteiger partial charge in [-0.1, -0.05) is 0 Å². The first kappa shape index (κ1) is 18.4.